The Balaban J connectivity index is 1.36. The van der Waals surface area contributed by atoms with E-state index in [1.807, 2.05) is 38.1 Å². The third-order valence-electron chi connectivity index (χ3n) is 7.94. The molecule has 11 heteroatoms. The number of nitriles is 1. The lowest BCUT2D eigenvalue weighted by atomic mass is 9.76. The Labute approximate surface area is 235 Å². The number of carbonyl (C=O) groups excluding carboxylic acids is 2. The topological polar surface area (TPSA) is 139 Å². The molecule has 1 aromatic carbocycles. The van der Waals surface area contributed by atoms with Crippen molar-refractivity contribution in [3.63, 3.8) is 0 Å². The number of hydrogen-bond acceptors (Lipinski definition) is 8. The number of likely N-dealkylation sites (tertiary alicyclic amines) is 2. The predicted molar refractivity (Wildman–Crippen MR) is 151 cm³/mol. The molecule has 2 aromatic rings. The standard InChI is InChI=1S/C29H39BN4O6/c1-28(2)11-13-34(19-28)29(3,4)15-21(16-31)26(35)33-12-7-8-22(17-33)40-27(36)32-25(30(37)38)14-20-18-39-24-10-6-5-9-23(20)24/h5-6,9-10,15,18,22,25,37-38H,7-8,11-14,17,19H2,1-4H3,(H,32,36)/t22-,25?/m0/s1. The molecule has 0 aliphatic carbocycles. The molecule has 2 saturated heterocycles. The van der Waals surface area contributed by atoms with Gasteiger partial charge in [-0.2, -0.15) is 5.26 Å². The zero-order valence-corrected chi connectivity index (χ0v) is 23.7. The van der Waals surface area contributed by atoms with Crippen LogP contribution in [0.4, 0.5) is 4.79 Å². The minimum Gasteiger partial charge on any atom is -0.464 e. The second-order valence-corrected chi connectivity index (χ2v) is 12.2. The molecule has 0 radical (unpaired) electrons. The molecule has 2 atom stereocenters. The van der Waals surface area contributed by atoms with Crippen LogP contribution in [0, 0.1) is 16.7 Å². The maximum atomic E-state index is 13.3. The summed E-state index contributed by atoms with van der Waals surface area (Å²) in [6, 6.07) is 9.44. The van der Waals surface area contributed by atoms with Gasteiger partial charge in [0, 0.05) is 24.0 Å². The summed E-state index contributed by atoms with van der Waals surface area (Å²) in [5.41, 5.74) is 1.20. The lowest BCUT2D eigenvalue weighted by molar-refractivity contribution is -0.129. The zero-order valence-electron chi connectivity index (χ0n) is 23.7. The highest BCUT2D eigenvalue weighted by Gasteiger charge is 2.38. The molecule has 214 valence electrons. The van der Waals surface area contributed by atoms with Crippen molar-refractivity contribution in [2.24, 2.45) is 5.41 Å². The Morgan fingerprint density at radius 3 is 2.75 bits per heavy atom. The molecule has 2 amide bonds. The first-order valence-corrected chi connectivity index (χ1v) is 13.8. The number of benzene rings is 1. The molecule has 2 aliphatic heterocycles. The van der Waals surface area contributed by atoms with Crippen LogP contribution in [0.5, 0.6) is 0 Å². The minimum absolute atomic E-state index is 0.0793. The summed E-state index contributed by atoms with van der Waals surface area (Å²) in [5, 5.41) is 33.0. The van der Waals surface area contributed by atoms with E-state index < -0.39 is 30.8 Å². The fourth-order valence-electron chi connectivity index (χ4n) is 5.58. The largest absolute Gasteiger partial charge is 0.475 e. The number of amides is 2. The van der Waals surface area contributed by atoms with Gasteiger partial charge in [-0.25, -0.2) is 4.79 Å². The summed E-state index contributed by atoms with van der Waals surface area (Å²) in [4.78, 5) is 29.9. The number of piperidine rings is 1. The third kappa shape index (κ3) is 7.05. The smallest absolute Gasteiger partial charge is 0.464 e. The number of furan rings is 1. The number of fused-ring (bicyclic) bond motifs is 1. The number of para-hydroxylation sites is 1. The van der Waals surface area contributed by atoms with Crippen molar-refractivity contribution >= 4 is 30.1 Å². The van der Waals surface area contributed by atoms with Crippen LogP contribution in [0.2, 0.25) is 0 Å². The molecule has 0 bridgehead atoms. The van der Waals surface area contributed by atoms with Gasteiger partial charge < -0.3 is 29.4 Å². The van der Waals surface area contributed by atoms with Crippen molar-refractivity contribution in [1.29, 1.82) is 5.26 Å². The number of ether oxygens (including phenoxy) is 1. The fourth-order valence-corrected chi connectivity index (χ4v) is 5.58. The Bertz CT molecular complexity index is 1300. The lowest BCUT2D eigenvalue weighted by Crippen LogP contribution is -2.50. The van der Waals surface area contributed by atoms with E-state index >= 15 is 0 Å². The van der Waals surface area contributed by atoms with Crippen molar-refractivity contribution < 1.29 is 28.8 Å². The molecule has 1 aromatic heterocycles. The van der Waals surface area contributed by atoms with Crippen molar-refractivity contribution in [2.75, 3.05) is 26.2 Å². The summed E-state index contributed by atoms with van der Waals surface area (Å²) in [7, 11) is -1.82. The summed E-state index contributed by atoms with van der Waals surface area (Å²) in [5.74, 6) is -1.40. The summed E-state index contributed by atoms with van der Waals surface area (Å²) in [6.07, 6.45) is 4.23. The van der Waals surface area contributed by atoms with Crippen LogP contribution in [0.1, 0.15) is 52.5 Å². The molecule has 3 N–H and O–H groups in total. The van der Waals surface area contributed by atoms with Crippen molar-refractivity contribution in [2.45, 2.75) is 71.0 Å². The van der Waals surface area contributed by atoms with E-state index in [9.17, 15) is 24.9 Å². The van der Waals surface area contributed by atoms with Gasteiger partial charge >= 0.3 is 13.2 Å². The van der Waals surface area contributed by atoms with E-state index in [0.717, 1.165) is 30.5 Å². The highest BCUT2D eigenvalue weighted by atomic mass is 16.6. The maximum Gasteiger partial charge on any atom is 0.475 e. The number of nitrogens with one attached hydrogen (secondary N) is 1. The van der Waals surface area contributed by atoms with Crippen LogP contribution in [0.15, 0.2) is 46.6 Å². The average Bonchev–Trinajstić information content (AvgIpc) is 3.49. The van der Waals surface area contributed by atoms with Gasteiger partial charge in [0.25, 0.3) is 5.91 Å². The Hall–Kier alpha value is -3.33. The molecule has 3 heterocycles. The van der Waals surface area contributed by atoms with Gasteiger partial charge in [0.2, 0.25) is 0 Å². The quantitative estimate of drug-likeness (QED) is 0.259. The fraction of sp³-hybridized carbons (Fsp3) is 0.552. The first-order chi connectivity index (χ1) is 18.9. The number of rotatable bonds is 8. The highest BCUT2D eigenvalue weighted by Crippen LogP contribution is 2.34. The van der Waals surface area contributed by atoms with Crippen LogP contribution in [0.3, 0.4) is 0 Å². The van der Waals surface area contributed by atoms with Gasteiger partial charge in [-0.15, -0.1) is 0 Å². The maximum absolute atomic E-state index is 13.3. The second-order valence-electron chi connectivity index (χ2n) is 12.2. The zero-order chi connectivity index (χ0) is 29.1. The van der Waals surface area contributed by atoms with Crippen LogP contribution >= 0.6 is 0 Å². The van der Waals surface area contributed by atoms with Gasteiger partial charge in [-0.3, -0.25) is 9.69 Å². The van der Waals surface area contributed by atoms with Gasteiger partial charge in [0.1, 0.15) is 23.3 Å². The average molecular weight is 550 g/mol. The molecule has 10 nitrogen and oxygen atoms in total. The van der Waals surface area contributed by atoms with Crippen molar-refractivity contribution in [3.05, 3.63) is 47.7 Å². The first-order valence-electron chi connectivity index (χ1n) is 13.8. The summed E-state index contributed by atoms with van der Waals surface area (Å²) < 4.78 is 11.1. The Morgan fingerprint density at radius 2 is 2.08 bits per heavy atom. The predicted octanol–water partition coefficient (Wildman–Crippen LogP) is 3.03. The number of hydrogen-bond donors (Lipinski definition) is 3. The Kier molecular flexibility index (Phi) is 8.93. The number of alkyl carbamates (subject to hydrolysis) is 1. The molecule has 0 spiro atoms. The summed E-state index contributed by atoms with van der Waals surface area (Å²) in [6.45, 7) is 10.9. The SMILES string of the molecule is CC1(C)CCN(C(C)(C)C=C(C#N)C(=O)N2CCC[C@H](OC(=O)NC(Cc3coc4ccccc34)B(O)O)C2)C1. The molecule has 2 aliphatic rings. The van der Waals surface area contributed by atoms with Crippen molar-refractivity contribution in [3.8, 4) is 6.07 Å². The Morgan fingerprint density at radius 1 is 1.32 bits per heavy atom. The number of carbonyl (C=O) groups is 2. The molecule has 40 heavy (non-hydrogen) atoms. The van der Waals surface area contributed by atoms with E-state index in [4.69, 9.17) is 9.15 Å². The molecular formula is C29H39BN4O6. The molecule has 4 rings (SSSR count). The van der Waals surface area contributed by atoms with Crippen LogP contribution in [-0.4, -0.2) is 82.7 Å². The normalized spacial score (nSPS) is 20.7. The van der Waals surface area contributed by atoms with E-state index in [-0.39, 0.29) is 29.9 Å². The monoisotopic (exact) mass is 550 g/mol. The van der Waals surface area contributed by atoms with Gasteiger partial charge in [0.05, 0.1) is 18.7 Å². The van der Waals surface area contributed by atoms with Crippen molar-refractivity contribution in [1.82, 2.24) is 15.1 Å². The second kappa shape index (κ2) is 12.0. The third-order valence-corrected chi connectivity index (χ3v) is 7.94. The van der Waals surface area contributed by atoms with E-state index in [0.29, 0.717) is 25.0 Å². The van der Waals surface area contributed by atoms with E-state index in [1.54, 1.807) is 11.0 Å². The molecule has 0 saturated carbocycles. The highest BCUT2D eigenvalue weighted by molar-refractivity contribution is 6.43. The van der Waals surface area contributed by atoms with Crippen LogP contribution < -0.4 is 5.32 Å². The minimum atomic E-state index is -1.82. The van der Waals surface area contributed by atoms with Gasteiger partial charge in [0.15, 0.2) is 0 Å². The molecular weight excluding hydrogens is 511 g/mol. The van der Waals surface area contributed by atoms with Crippen LogP contribution in [-0.2, 0) is 16.0 Å². The summed E-state index contributed by atoms with van der Waals surface area (Å²) >= 11 is 0. The van der Waals surface area contributed by atoms with Gasteiger partial charge in [-0.1, -0.05) is 32.0 Å². The van der Waals surface area contributed by atoms with E-state index in [2.05, 4.69) is 30.1 Å². The van der Waals surface area contributed by atoms with Gasteiger partial charge in [-0.05, 0) is 69.2 Å². The molecule has 1 unspecified atom stereocenters. The van der Waals surface area contributed by atoms with Crippen LogP contribution in [0.25, 0.3) is 11.0 Å². The van der Waals surface area contributed by atoms with E-state index in [1.165, 1.54) is 6.26 Å². The number of nitrogens with zero attached hydrogens (tertiary/aromatic N) is 3. The first kappa shape index (κ1) is 29.7. The lowest BCUT2D eigenvalue weighted by Gasteiger charge is -2.35. The molecule has 2 fully saturated rings.